The molecule has 1 aromatic rings. The number of aliphatic hydroxyl groups is 1. The van der Waals surface area contributed by atoms with Crippen LogP contribution in [-0.4, -0.2) is 50.7 Å². The first-order chi connectivity index (χ1) is 7.99. The molecule has 2 rings (SSSR count). The lowest BCUT2D eigenvalue weighted by atomic mass is 10.2. The number of amides is 1. The minimum atomic E-state index is -1.10. The third-order valence-corrected chi connectivity index (χ3v) is 3.16. The van der Waals surface area contributed by atoms with E-state index in [0.29, 0.717) is 10.2 Å². The molecular weight excluding hydrogens is 292 g/mol. The molecule has 0 saturated carbocycles. The van der Waals surface area contributed by atoms with Crippen molar-refractivity contribution in [1.82, 2.24) is 9.88 Å². The number of rotatable bonds is 2. The lowest BCUT2D eigenvalue weighted by Gasteiger charge is -2.20. The number of aromatic nitrogens is 1. The molecule has 2 heterocycles. The molecule has 1 aliphatic heterocycles. The molecule has 1 saturated heterocycles. The summed E-state index contributed by atoms with van der Waals surface area (Å²) in [5.41, 5.74) is 0.303. The summed E-state index contributed by atoms with van der Waals surface area (Å²) in [5, 5.41) is 18.4. The van der Waals surface area contributed by atoms with Gasteiger partial charge in [0.1, 0.15) is 11.7 Å². The fourth-order valence-electron chi connectivity index (χ4n) is 1.92. The Labute approximate surface area is 105 Å². The van der Waals surface area contributed by atoms with Crippen LogP contribution in [0.25, 0.3) is 0 Å². The highest BCUT2D eigenvalue weighted by Crippen LogP contribution is 2.21. The third-order valence-electron chi connectivity index (χ3n) is 2.70. The third kappa shape index (κ3) is 2.34. The Morgan fingerprint density at radius 3 is 2.76 bits per heavy atom. The van der Waals surface area contributed by atoms with E-state index >= 15 is 0 Å². The van der Waals surface area contributed by atoms with E-state index < -0.39 is 24.0 Å². The van der Waals surface area contributed by atoms with Gasteiger partial charge in [-0.15, -0.1) is 0 Å². The second kappa shape index (κ2) is 4.50. The van der Waals surface area contributed by atoms with Gasteiger partial charge in [0.2, 0.25) is 0 Å². The molecule has 1 amide bonds. The number of likely N-dealkylation sites (tertiary alicyclic amines) is 1. The zero-order valence-electron chi connectivity index (χ0n) is 8.76. The van der Waals surface area contributed by atoms with Crippen molar-refractivity contribution in [2.24, 2.45) is 0 Å². The Morgan fingerprint density at radius 2 is 2.24 bits per heavy atom. The van der Waals surface area contributed by atoms with Crippen molar-refractivity contribution in [3.63, 3.8) is 0 Å². The van der Waals surface area contributed by atoms with Crippen LogP contribution in [0.5, 0.6) is 0 Å². The highest BCUT2D eigenvalue weighted by Gasteiger charge is 2.39. The first kappa shape index (κ1) is 12.1. The van der Waals surface area contributed by atoms with Crippen molar-refractivity contribution >= 4 is 27.8 Å². The van der Waals surface area contributed by atoms with Crippen LogP contribution in [0.4, 0.5) is 0 Å². The highest BCUT2D eigenvalue weighted by atomic mass is 79.9. The van der Waals surface area contributed by atoms with Gasteiger partial charge in [-0.05, 0) is 22.0 Å². The second-order valence-corrected chi connectivity index (χ2v) is 4.85. The highest BCUT2D eigenvalue weighted by molar-refractivity contribution is 9.10. The summed E-state index contributed by atoms with van der Waals surface area (Å²) in [4.78, 5) is 26.9. The molecule has 0 aromatic carbocycles. The van der Waals surface area contributed by atoms with Gasteiger partial charge in [0.15, 0.2) is 0 Å². The second-order valence-electron chi connectivity index (χ2n) is 3.93. The standard InChI is InChI=1S/C10H11BrN2O4/c11-5-1-7(12-3-5)9(15)13-4-6(14)2-8(13)10(16)17/h1,3,6,8,12,14H,2,4H2,(H,16,17)/t6?,8-/m0/s1. The van der Waals surface area contributed by atoms with Gasteiger partial charge in [-0.2, -0.15) is 0 Å². The van der Waals surface area contributed by atoms with Crippen LogP contribution in [0.15, 0.2) is 16.7 Å². The van der Waals surface area contributed by atoms with Crippen molar-refractivity contribution in [3.05, 3.63) is 22.4 Å². The van der Waals surface area contributed by atoms with Crippen LogP contribution in [0, 0.1) is 0 Å². The number of nitrogens with one attached hydrogen (secondary N) is 1. The minimum Gasteiger partial charge on any atom is -0.480 e. The molecule has 0 radical (unpaired) electrons. The topological polar surface area (TPSA) is 93.6 Å². The molecule has 1 fully saturated rings. The lowest BCUT2D eigenvalue weighted by molar-refractivity contribution is -0.141. The molecule has 1 unspecified atom stereocenters. The molecule has 7 heteroatoms. The molecule has 92 valence electrons. The van der Waals surface area contributed by atoms with Gasteiger partial charge < -0.3 is 20.1 Å². The number of β-amino-alcohol motifs (C(OH)–C–C–N with tert-alkyl or cyclic N) is 1. The maximum atomic E-state index is 12.0. The van der Waals surface area contributed by atoms with Gasteiger partial charge >= 0.3 is 5.97 Å². The van der Waals surface area contributed by atoms with Crippen LogP contribution in [0.1, 0.15) is 16.9 Å². The summed E-state index contributed by atoms with van der Waals surface area (Å²) in [6, 6.07) is 0.617. The number of H-pyrrole nitrogens is 1. The fourth-order valence-corrected chi connectivity index (χ4v) is 2.26. The Kier molecular flexibility index (Phi) is 3.21. The number of aromatic amines is 1. The van der Waals surface area contributed by atoms with Gasteiger partial charge in [-0.1, -0.05) is 0 Å². The number of hydrogen-bond acceptors (Lipinski definition) is 3. The maximum absolute atomic E-state index is 12.0. The van der Waals surface area contributed by atoms with E-state index in [0.717, 1.165) is 0 Å². The van der Waals surface area contributed by atoms with Crippen LogP contribution in [0.2, 0.25) is 0 Å². The predicted octanol–water partition coefficient (Wildman–Crippen LogP) is 0.437. The van der Waals surface area contributed by atoms with Crippen LogP contribution >= 0.6 is 15.9 Å². The number of carboxylic acids is 1. The smallest absolute Gasteiger partial charge is 0.326 e. The molecule has 0 bridgehead atoms. The molecule has 0 aliphatic carbocycles. The van der Waals surface area contributed by atoms with Crippen molar-refractivity contribution in [3.8, 4) is 0 Å². The molecule has 17 heavy (non-hydrogen) atoms. The monoisotopic (exact) mass is 302 g/mol. The number of nitrogens with zero attached hydrogens (tertiary/aromatic N) is 1. The minimum absolute atomic E-state index is 0.0481. The Morgan fingerprint density at radius 1 is 1.53 bits per heavy atom. The fraction of sp³-hybridized carbons (Fsp3) is 0.400. The van der Waals surface area contributed by atoms with Crippen molar-refractivity contribution in [2.45, 2.75) is 18.6 Å². The molecule has 1 aliphatic rings. The van der Waals surface area contributed by atoms with Gasteiger partial charge in [-0.3, -0.25) is 4.79 Å². The number of carbonyl (C=O) groups is 2. The van der Waals surface area contributed by atoms with Crippen molar-refractivity contribution in [1.29, 1.82) is 0 Å². The molecule has 0 spiro atoms. The van der Waals surface area contributed by atoms with E-state index in [2.05, 4.69) is 20.9 Å². The number of halogens is 1. The van der Waals surface area contributed by atoms with Crippen molar-refractivity contribution in [2.75, 3.05) is 6.54 Å². The quantitative estimate of drug-likeness (QED) is 0.739. The van der Waals surface area contributed by atoms with E-state index in [1.54, 1.807) is 12.3 Å². The Bertz CT molecular complexity index is 459. The average Bonchev–Trinajstić information content (AvgIpc) is 2.83. The summed E-state index contributed by atoms with van der Waals surface area (Å²) in [5.74, 6) is -1.51. The average molecular weight is 303 g/mol. The first-order valence-electron chi connectivity index (χ1n) is 5.05. The predicted molar refractivity (Wildman–Crippen MR) is 61.6 cm³/mol. The Hall–Kier alpha value is -1.34. The zero-order chi connectivity index (χ0) is 12.6. The Balaban J connectivity index is 2.21. The van der Waals surface area contributed by atoms with Crippen LogP contribution in [0.3, 0.4) is 0 Å². The number of carbonyl (C=O) groups excluding carboxylic acids is 1. The molecular formula is C10H11BrN2O4. The van der Waals surface area contributed by atoms with Gasteiger partial charge in [0.05, 0.1) is 6.10 Å². The summed E-state index contributed by atoms with van der Waals surface area (Å²) < 4.78 is 0.715. The van der Waals surface area contributed by atoms with E-state index in [1.807, 2.05) is 0 Å². The van der Waals surface area contributed by atoms with Crippen LogP contribution < -0.4 is 0 Å². The zero-order valence-corrected chi connectivity index (χ0v) is 10.3. The van der Waals surface area contributed by atoms with E-state index in [4.69, 9.17) is 5.11 Å². The van der Waals surface area contributed by atoms with Gasteiger partial charge in [-0.25, -0.2) is 4.79 Å². The first-order valence-corrected chi connectivity index (χ1v) is 5.84. The largest absolute Gasteiger partial charge is 0.480 e. The SMILES string of the molecule is O=C(O)[C@@H]1CC(O)CN1C(=O)c1cc(Br)c[nH]1. The molecule has 2 atom stereocenters. The molecule has 1 aromatic heterocycles. The lowest BCUT2D eigenvalue weighted by Crippen LogP contribution is -2.40. The van der Waals surface area contributed by atoms with Gasteiger partial charge in [0, 0.05) is 23.6 Å². The van der Waals surface area contributed by atoms with E-state index in [9.17, 15) is 14.7 Å². The number of aliphatic carboxylic acids is 1. The summed E-state index contributed by atoms with van der Waals surface area (Å²) in [6.07, 6.45) is 0.886. The maximum Gasteiger partial charge on any atom is 0.326 e. The normalized spacial score (nSPS) is 24.0. The van der Waals surface area contributed by atoms with Crippen LogP contribution in [-0.2, 0) is 4.79 Å². The van der Waals surface area contributed by atoms with Crippen molar-refractivity contribution < 1.29 is 19.8 Å². The van der Waals surface area contributed by atoms with E-state index in [1.165, 1.54) is 4.90 Å². The molecule has 3 N–H and O–H groups in total. The molecule has 6 nitrogen and oxygen atoms in total. The van der Waals surface area contributed by atoms with Gasteiger partial charge in [0.25, 0.3) is 5.91 Å². The summed E-state index contributed by atoms with van der Waals surface area (Å²) in [7, 11) is 0. The summed E-state index contributed by atoms with van der Waals surface area (Å²) >= 11 is 3.20. The number of aliphatic hydroxyl groups excluding tert-OH is 1. The van der Waals surface area contributed by atoms with E-state index in [-0.39, 0.29) is 13.0 Å². The number of hydrogen-bond donors (Lipinski definition) is 3. The summed E-state index contributed by atoms with van der Waals surface area (Å²) in [6.45, 7) is 0.0481. The number of carboxylic acid groups (broad SMARTS) is 1.